The summed E-state index contributed by atoms with van der Waals surface area (Å²) in [5.74, 6) is -0.506. The molecule has 1 aromatic heterocycles. The van der Waals surface area contributed by atoms with Gasteiger partial charge in [-0.1, -0.05) is 46.9 Å². The van der Waals surface area contributed by atoms with Gasteiger partial charge in [-0.15, -0.1) is 0 Å². The average Bonchev–Trinajstić information content (AvgIpc) is 3.14. The van der Waals surface area contributed by atoms with Crippen molar-refractivity contribution in [2.24, 2.45) is 5.10 Å². The van der Waals surface area contributed by atoms with Crippen LogP contribution >= 0.6 is 34.8 Å². The van der Waals surface area contributed by atoms with Gasteiger partial charge in [0.25, 0.3) is 5.91 Å². The Morgan fingerprint density at radius 1 is 0.968 bits per heavy atom. The number of hydrogen-bond donors (Lipinski definition) is 2. The van der Waals surface area contributed by atoms with Gasteiger partial charge in [-0.2, -0.15) is 5.10 Å². The van der Waals surface area contributed by atoms with Gasteiger partial charge in [-0.25, -0.2) is 5.43 Å². The maximum absolute atomic E-state index is 12.1. The fourth-order valence-corrected chi connectivity index (χ4v) is 3.65. The van der Waals surface area contributed by atoms with Crippen LogP contribution in [0.4, 0.5) is 0 Å². The third-order valence-corrected chi connectivity index (χ3v) is 5.76. The first kappa shape index (κ1) is 21.2. The van der Waals surface area contributed by atoms with Crippen molar-refractivity contribution < 1.29 is 9.90 Å². The molecule has 8 heteroatoms. The summed E-state index contributed by atoms with van der Waals surface area (Å²) in [6, 6.07) is 17.7. The topological polar surface area (TPSA) is 66.6 Å². The van der Waals surface area contributed by atoms with Gasteiger partial charge in [0.1, 0.15) is 5.75 Å². The number of rotatable bonds is 5. The lowest BCUT2D eigenvalue weighted by Crippen LogP contribution is -2.17. The number of carbonyl (C=O) groups is 1. The summed E-state index contributed by atoms with van der Waals surface area (Å²) in [7, 11) is 0. The van der Waals surface area contributed by atoms with Crippen molar-refractivity contribution in [3.05, 3.63) is 98.6 Å². The largest absolute Gasteiger partial charge is 0.506 e. The van der Waals surface area contributed by atoms with E-state index in [0.29, 0.717) is 22.2 Å². The summed E-state index contributed by atoms with van der Waals surface area (Å²) in [6.07, 6.45) is 3.57. The van der Waals surface area contributed by atoms with Crippen LogP contribution in [0.5, 0.6) is 5.75 Å². The van der Waals surface area contributed by atoms with Crippen LogP contribution in [-0.4, -0.2) is 21.8 Å². The first-order valence-electron chi connectivity index (χ1n) is 9.25. The number of nitrogens with one attached hydrogen (secondary N) is 1. The summed E-state index contributed by atoms with van der Waals surface area (Å²) in [6.45, 7) is 0.666. The molecule has 0 fully saturated rings. The zero-order valence-corrected chi connectivity index (χ0v) is 18.3. The van der Waals surface area contributed by atoms with E-state index in [2.05, 4.69) is 15.1 Å². The number of hydrogen-bond acceptors (Lipinski definition) is 3. The maximum Gasteiger partial charge on any atom is 0.271 e. The Morgan fingerprint density at radius 2 is 1.81 bits per heavy atom. The van der Waals surface area contributed by atoms with Crippen molar-refractivity contribution in [2.45, 2.75) is 6.54 Å². The Bertz CT molecular complexity index is 1310. The summed E-state index contributed by atoms with van der Waals surface area (Å²) in [5, 5.41) is 15.7. The first-order valence-corrected chi connectivity index (χ1v) is 10.4. The highest BCUT2D eigenvalue weighted by molar-refractivity contribution is 6.42. The van der Waals surface area contributed by atoms with Gasteiger partial charge in [0, 0.05) is 29.2 Å². The summed E-state index contributed by atoms with van der Waals surface area (Å²) < 4.78 is 2.12. The highest BCUT2D eigenvalue weighted by Crippen LogP contribution is 2.25. The molecule has 0 aliphatic carbocycles. The summed E-state index contributed by atoms with van der Waals surface area (Å²) in [5.41, 5.74) is 5.70. The van der Waals surface area contributed by atoms with E-state index in [1.165, 1.54) is 18.2 Å². The Labute approximate surface area is 193 Å². The number of carbonyl (C=O) groups excluding carboxylic acids is 1. The number of nitrogens with zero attached hydrogens (tertiary/aromatic N) is 2. The average molecular weight is 473 g/mol. The number of aromatic hydroxyl groups is 1. The molecule has 1 heterocycles. The third-order valence-electron chi connectivity index (χ3n) is 4.72. The van der Waals surface area contributed by atoms with E-state index >= 15 is 0 Å². The van der Waals surface area contributed by atoms with Crippen molar-refractivity contribution in [3.8, 4) is 5.75 Å². The fraction of sp³-hybridized carbons (Fsp3) is 0.0435. The summed E-state index contributed by atoms with van der Waals surface area (Å²) in [4.78, 5) is 12.1. The van der Waals surface area contributed by atoms with E-state index in [9.17, 15) is 9.90 Å². The van der Waals surface area contributed by atoms with Crippen molar-refractivity contribution in [2.75, 3.05) is 0 Å². The lowest BCUT2D eigenvalue weighted by atomic mass is 10.1. The van der Waals surface area contributed by atoms with Gasteiger partial charge in [0.05, 0.1) is 21.3 Å². The Balaban J connectivity index is 1.46. The van der Waals surface area contributed by atoms with E-state index < -0.39 is 5.91 Å². The lowest BCUT2D eigenvalue weighted by molar-refractivity contribution is 0.0955. The van der Waals surface area contributed by atoms with Crippen molar-refractivity contribution in [3.63, 3.8) is 0 Å². The number of phenols is 1. The molecular weight excluding hydrogens is 457 g/mol. The second-order valence-electron chi connectivity index (χ2n) is 6.88. The predicted molar refractivity (Wildman–Crippen MR) is 126 cm³/mol. The lowest BCUT2D eigenvalue weighted by Gasteiger charge is -2.07. The zero-order chi connectivity index (χ0) is 22.0. The summed E-state index contributed by atoms with van der Waals surface area (Å²) >= 11 is 17.9. The van der Waals surface area contributed by atoms with E-state index in [0.717, 1.165) is 22.0 Å². The molecule has 0 saturated heterocycles. The molecule has 0 radical (unpaired) electrons. The van der Waals surface area contributed by atoms with Crippen LogP contribution in [0.25, 0.3) is 10.9 Å². The number of halogens is 3. The van der Waals surface area contributed by atoms with Crippen molar-refractivity contribution >= 4 is 57.8 Å². The van der Waals surface area contributed by atoms with Crippen LogP contribution in [0.3, 0.4) is 0 Å². The number of fused-ring (bicyclic) bond motifs is 1. The zero-order valence-electron chi connectivity index (χ0n) is 16.0. The Morgan fingerprint density at radius 3 is 2.58 bits per heavy atom. The molecule has 0 saturated carbocycles. The SMILES string of the molecule is O=C(N/N=C/c1ccc2c(ccn2Cc2ccc(Cl)c(Cl)c2)c1)c1ccc(O)c(Cl)c1. The van der Waals surface area contributed by atoms with Crippen LogP contribution < -0.4 is 5.43 Å². The molecule has 0 aliphatic heterocycles. The van der Waals surface area contributed by atoms with Gasteiger partial charge in [-0.3, -0.25) is 4.79 Å². The van der Waals surface area contributed by atoms with E-state index in [4.69, 9.17) is 34.8 Å². The number of benzene rings is 3. The monoisotopic (exact) mass is 471 g/mol. The van der Waals surface area contributed by atoms with Gasteiger partial charge >= 0.3 is 0 Å². The molecule has 4 aromatic rings. The highest BCUT2D eigenvalue weighted by atomic mass is 35.5. The Hall–Kier alpha value is -2.99. The smallest absolute Gasteiger partial charge is 0.271 e. The van der Waals surface area contributed by atoms with Gasteiger partial charge in [0.2, 0.25) is 0 Å². The predicted octanol–water partition coefficient (Wildman–Crippen LogP) is 6.12. The minimum atomic E-state index is -0.424. The Kier molecular flexibility index (Phi) is 6.18. The van der Waals surface area contributed by atoms with Crippen molar-refractivity contribution in [1.29, 1.82) is 0 Å². The molecule has 0 aliphatic rings. The van der Waals surface area contributed by atoms with E-state index in [-0.39, 0.29) is 10.8 Å². The molecule has 5 nitrogen and oxygen atoms in total. The van der Waals surface area contributed by atoms with Crippen molar-refractivity contribution in [1.82, 2.24) is 9.99 Å². The third kappa shape index (κ3) is 4.85. The minimum absolute atomic E-state index is 0.0823. The van der Waals surface area contributed by atoms with Crippen LogP contribution in [0.2, 0.25) is 15.1 Å². The number of phenolic OH excluding ortho intramolecular Hbond substituents is 1. The standard InChI is InChI=1S/C23H16Cl3N3O2/c24-18-4-1-15(10-19(18)25)13-29-8-7-16-9-14(2-5-21(16)29)12-27-28-23(31)17-3-6-22(30)20(26)11-17/h1-12,30H,13H2,(H,28,31)/b27-12+. The number of aromatic nitrogens is 1. The van der Waals surface area contributed by atoms with E-state index in [1.54, 1.807) is 12.3 Å². The molecule has 0 bridgehead atoms. The van der Waals surface area contributed by atoms with E-state index in [1.807, 2.05) is 42.6 Å². The maximum atomic E-state index is 12.1. The fourth-order valence-electron chi connectivity index (χ4n) is 3.15. The second kappa shape index (κ2) is 9.02. The molecule has 0 unspecified atom stereocenters. The minimum Gasteiger partial charge on any atom is -0.506 e. The molecule has 4 rings (SSSR count). The molecule has 1 amide bonds. The van der Waals surface area contributed by atoms with Gasteiger partial charge in [0.15, 0.2) is 0 Å². The quantitative estimate of drug-likeness (QED) is 0.271. The first-order chi connectivity index (χ1) is 14.9. The van der Waals surface area contributed by atoms with Crippen LogP contribution in [-0.2, 0) is 6.54 Å². The normalized spacial score (nSPS) is 11.3. The van der Waals surface area contributed by atoms with Crippen LogP contribution in [0.1, 0.15) is 21.5 Å². The molecular formula is C23H16Cl3N3O2. The highest BCUT2D eigenvalue weighted by Gasteiger charge is 2.08. The van der Waals surface area contributed by atoms with Crippen LogP contribution in [0, 0.1) is 0 Å². The molecule has 0 spiro atoms. The van der Waals surface area contributed by atoms with Crippen LogP contribution in [0.15, 0.2) is 72.0 Å². The molecule has 156 valence electrons. The van der Waals surface area contributed by atoms with Gasteiger partial charge in [-0.05, 0) is 59.7 Å². The second-order valence-corrected chi connectivity index (χ2v) is 8.10. The molecule has 3 aromatic carbocycles. The molecule has 0 atom stereocenters. The molecule has 2 N–H and O–H groups in total. The number of amides is 1. The number of hydrazone groups is 1. The van der Waals surface area contributed by atoms with Gasteiger partial charge < -0.3 is 9.67 Å². The molecule has 31 heavy (non-hydrogen) atoms.